The largest absolute Gasteiger partial charge is 0.416 e. The Morgan fingerprint density at radius 3 is 2.05 bits per heavy atom. The Bertz CT molecular complexity index is 756. The number of rotatable bonds is 4. The zero-order valence-electron chi connectivity index (χ0n) is 11.5. The van der Waals surface area contributed by atoms with Gasteiger partial charge in [-0.25, -0.2) is 8.42 Å². The van der Waals surface area contributed by atoms with Crippen molar-refractivity contribution in [3.05, 3.63) is 54.1 Å². The molecule has 118 valence electrons. The Kier molecular flexibility index (Phi) is 4.32. The van der Waals surface area contributed by atoms with E-state index in [4.69, 9.17) is 0 Å². The van der Waals surface area contributed by atoms with E-state index in [1.165, 1.54) is 24.3 Å². The number of benzene rings is 2. The van der Waals surface area contributed by atoms with Gasteiger partial charge in [-0.05, 0) is 42.5 Å². The van der Waals surface area contributed by atoms with Crippen LogP contribution in [0.3, 0.4) is 0 Å². The van der Waals surface area contributed by atoms with Gasteiger partial charge < -0.3 is 5.32 Å². The molecule has 8 heteroatoms. The summed E-state index contributed by atoms with van der Waals surface area (Å²) < 4.78 is 62.3. The van der Waals surface area contributed by atoms with Crippen LogP contribution in [0.1, 0.15) is 5.56 Å². The zero-order chi connectivity index (χ0) is 16.4. The summed E-state index contributed by atoms with van der Waals surface area (Å²) in [6.07, 6.45) is -3.37. The minimum atomic E-state index is -4.40. The molecular formula is C14H13F3N2O2S. The van der Waals surface area contributed by atoms with Crippen LogP contribution < -0.4 is 10.0 Å². The van der Waals surface area contributed by atoms with Gasteiger partial charge in [0.1, 0.15) is 0 Å². The SMILES string of the molecule is CS(=O)(=O)Nc1ccc(Nc2cccc(C(F)(F)F)c2)cc1. The normalized spacial score (nSPS) is 12.0. The first-order valence-electron chi connectivity index (χ1n) is 6.16. The molecule has 0 bridgehead atoms. The summed E-state index contributed by atoms with van der Waals surface area (Å²) in [6.45, 7) is 0. The van der Waals surface area contributed by atoms with E-state index in [9.17, 15) is 21.6 Å². The van der Waals surface area contributed by atoms with Crippen LogP contribution in [0, 0.1) is 0 Å². The summed E-state index contributed by atoms with van der Waals surface area (Å²) in [6, 6.07) is 11.0. The van der Waals surface area contributed by atoms with Crippen molar-refractivity contribution in [2.24, 2.45) is 0 Å². The van der Waals surface area contributed by atoms with Crippen LogP contribution in [0.4, 0.5) is 30.2 Å². The fourth-order valence-corrected chi connectivity index (χ4v) is 2.34. The summed E-state index contributed by atoms with van der Waals surface area (Å²) in [5, 5.41) is 2.83. The molecule has 0 radical (unpaired) electrons. The topological polar surface area (TPSA) is 58.2 Å². The predicted molar refractivity (Wildman–Crippen MR) is 79.6 cm³/mol. The van der Waals surface area contributed by atoms with E-state index in [1.807, 2.05) is 0 Å². The van der Waals surface area contributed by atoms with Crippen LogP contribution in [0.25, 0.3) is 0 Å². The van der Waals surface area contributed by atoms with Gasteiger partial charge in [0.25, 0.3) is 0 Å². The number of hydrogen-bond donors (Lipinski definition) is 2. The molecule has 0 aliphatic carbocycles. The van der Waals surface area contributed by atoms with E-state index in [0.29, 0.717) is 17.1 Å². The molecule has 0 aromatic heterocycles. The highest BCUT2D eigenvalue weighted by atomic mass is 32.2. The van der Waals surface area contributed by atoms with Gasteiger partial charge in [-0.3, -0.25) is 4.72 Å². The third-order valence-corrected chi connectivity index (χ3v) is 3.27. The van der Waals surface area contributed by atoms with Gasteiger partial charge in [-0.15, -0.1) is 0 Å². The van der Waals surface area contributed by atoms with Gasteiger partial charge in [-0.1, -0.05) is 6.07 Å². The van der Waals surface area contributed by atoms with Gasteiger partial charge in [-0.2, -0.15) is 13.2 Å². The number of nitrogens with one attached hydrogen (secondary N) is 2. The van der Waals surface area contributed by atoms with Crippen LogP contribution in [-0.4, -0.2) is 14.7 Å². The molecule has 2 rings (SSSR count). The second-order valence-corrected chi connectivity index (χ2v) is 6.40. The van der Waals surface area contributed by atoms with E-state index in [-0.39, 0.29) is 0 Å². The Labute approximate surface area is 126 Å². The van der Waals surface area contributed by atoms with Gasteiger partial charge in [0.2, 0.25) is 10.0 Å². The number of alkyl halides is 3. The molecule has 0 heterocycles. The van der Waals surface area contributed by atoms with Crippen molar-refractivity contribution < 1.29 is 21.6 Å². The van der Waals surface area contributed by atoms with Crippen molar-refractivity contribution in [2.45, 2.75) is 6.18 Å². The van der Waals surface area contributed by atoms with E-state index < -0.39 is 21.8 Å². The van der Waals surface area contributed by atoms with Gasteiger partial charge in [0, 0.05) is 17.1 Å². The lowest BCUT2D eigenvalue weighted by atomic mass is 10.2. The van der Waals surface area contributed by atoms with Crippen LogP contribution >= 0.6 is 0 Å². The first kappa shape index (κ1) is 16.2. The number of halogens is 3. The van der Waals surface area contributed by atoms with Gasteiger partial charge in [0.05, 0.1) is 11.8 Å². The first-order valence-corrected chi connectivity index (χ1v) is 8.05. The lowest BCUT2D eigenvalue weighted by Gasteiger charge is -2.11. The molecule has 0 saturated heterocycles. The molecule has 0 fully saturated rings. The molecule has 2 aromatic rings. The van der Waals surface area contributed by atoms with Gasteiger partial charge in [0.15, 0.2) is 0 Å². The second kappa shape index (κ2) is 5.88. The monoisotopic (exact) mass is 330 g/mol. The van der Waals surface area contributed by atoms with E-state index in [1.54, 1.807) is 12.1 Å². The van der Waals surface area contributed by atoms with Crippen molar-refractivity contribution in [1.29, 1.82) is 0 Å². The van der Waals surface area contributed by atoms with Crippen LogP contribution in [0.5, 0.6) is 0 Å². The summed E-state index contributed by atoms with van der Waals surface area (Å²) >= 11 is 0. The fraction of sp³-hybridized carbons (Fsp3) is 0.143. The fourth-order valence-electron chi connectivity index (χ4n) is 1.78. The van der Waals surface area contributed by atoms with Crippen molar-refractivity contribution in [1.82, 2.24) is 0 Å². The maximum Gasteiger partial charge on any atom is 0.416 e. The van der Waals surface area contributed by atoms with E-state index >= 15 is 0 Å². The third-order valence-electron chi connectivity index (χ3n) is 2.67. The summed E-state index contributed by atoms with van der Waals surface area (Å²) in [5.74, 6) is 0. The minimum absolute atomic E-state index is 0.290. The second-order valence-electron chi connectivity index (χ2n) is 4.66. The van der Waals surface area contributed by atoms with E-state index in [0.717, 1.165) is 18.4 Å². The average molecular weight is 330 g/mol. The molecule has 0 aliphatic heterocycles. The Morgan fingerprint density at radius 1 is 0.909 bits per heavy atom. The standard InChI is InChI=1S/C14H13F3N2O2S/c1-22(20,21)19-12-7-5-11(6-8-12)18-13-4-2-3-10(9-13)14(15,16)17/h2-9,18-19H,1H3. The maximum absolute atomic E-state index is 12.6. The predicted octanol–water partition coefficient (Wildman–Crippen LogP) is 3.82. The smallest absolute Gasteiger partial charge is 0.356 e. The number of anilines is 3. The van der Waals surface area contributed by atoms with Gasteiger partial charge >= 0.3 is 6.18 Å². The zero-order valence-corrected chi connectivity index (χ0v) is 12.3. The Morgan fingerprint density at radius 2 is 1.50 bits per heavy atom. The number of sulfonamides is 1. The first-order chi connectivity index (χ1) is 10.1. The Hall–Kier alpha value is -2.22. The summed E-state index contributed by atoms with van der Waals surface area (Å²) in [7, 11) is -3.37. The quantitative estimate of drug-likeness (QED) is 0.896. The molecule has 0 saturated carbocycles. The lowest BCUT2D eigenvalue weighted by Crippen LogP contribution is -2.09. The van der Waals surface area contributed by atoms with Crippen molar-refractivity contribution >= 4 is 27.1 Å². The highest BCUT2D eigenvalue weighted by Gasteiger charge is 2.30. The summed E-state index contributed by atoms with van der Waals surface area (Å²) in [5.41, 5.74) is 0.460. The molecule has 0 amide bonds. The molecular weight excluding hydrogens is 317 g/mol. The van der Waals surface area contributed by atoms with Crippen LogP contribution in [0.15, 0.2) is 48.5 Å². The van der Waals surface area contributed by atoms with Crippen molar-refractivity contribution in [2.75, 3.05) is 16.3 Å². The molecule has 0 unspecified atom stereocenters. The van der Waals surface area contributed by atoms with Crippen molar-refractivity contribution in [3.63, 3.8) is 0 Å². The van der Waals surface area contributed by atoms with Crippen LogP contribution in [-0.2, 0) is 16.2 Å². The molecule has 2 N–H and O–H groups in total. The minimum Gasteiger partial charge on any atom is -0.356 e. The molecule has 4 nitrogen and oxygen atoms in total. The Balaban J connectivity index is 2.14. The molecule has 0 aliphatic rings. The lowest BCUT2D eigenvalue weighted by molar-refractivity contribution is -0.137. The summed E-state index contributed by atoms with van der Waals surface area (Å²) in [4.78, 5) is 0. The molecule has 0 spiro atoms. The average Bonchev–Trinajstić information content (AvgIpc) is 2.39. The molecule has 22 heavy (non-hydrogen) atoms. The van der Waals surface area contributed by atoms with Crippen LogP contribution in [0.2, 0.25) is 0 Å². The maximum atomic E-state index is 12.6. The molecule has 0 atom stereocenters. The number of hydrogen-bond acceptors (Lipinski definition) is 3. The van der Waals surface area contributed by atoms with E-state index in [2.05, 4.69) is 10.0 Å². The third kappa shape index (κ3) is 4.66. The highest BCUT2D eigenvalue weighted by molar-refractivity contribution is 7.92. The highest BCUT2D eigenvalue weighted by Crippen LogP contribution is 2.31. The molecule has 2 aromatic carbocycles. The van der Waals surface area contributed by atoms with Crippen molar-refractivity contribution in [3.8, 4) is 0 Å².